The third-order valence-corrected chi connectivity index (χ3v) is 2.92. The van der Waals surface area contributed by atoms with E-state index >= 15 is 0 Å². The number of carbonyl (C=O) groups is 1. The number of hydrogen-bond acceptors (Lipinski definition) is 4. The molecule has 104 valence electrons. The number of hydrogen-bond donors (Lipinski definition) is 1. The molecule has 0 aliphatic rings. The molecule has 2 rings (SSSR count). The minimum Gasteiger partial charge on any atom is -0.496 e. The van der Waals surface area contributed by atoms with E-state index in [2.05, 4.69) is 0 Å². The van der Waals surface area contributed by atoms with Crippen molar-refractivity contribution in [3.63, 3.8) is 0 Å². The third kappa shape index (κ3) is 3.36. The fraction of sp³-hybridized carbons (Fsp3) is 0.188. The van der Waals surface area contributed by atoms with E-state index < -0.39 is 6.10 Å². The molecule has 20 heavy (non-hydrogen) atoms. The Morgan fingerprint density at radius 3 is 2.50 bits per heavy atom. The molecule has 0 amide bonds. The summed E-state index contributed by atoms with van der Waals surface area (Å²) in [5.41, 5.74) is 1.27. The second-order valence-corrected chi connectivity index (χ2v) is 4.26. The quantitative estimate of drug-likeness (QED) is 0.821. The Labute approximate surface area is 117 Å². The molecule has 1 atom stereocenters. The predicted octanol–water partition coefficient (Wildman–Crippen LogP) is 2.62. The minimum absolute atomic E-state index is 0.112. The number of para-hydroxylation sites is 1. The van der Waals surface area contributed by atoms with Crippen molar-refractivity contribution in [1.29, 1.82) is 0 Å². The summed E-state index contributed by atoms with van der Waals surface area (Å²) in [5, 5.41) is 10.1. The standard InChI is InChI=1S/C16H16O4/c1-19-16-5-3-2-4-14(16)15(18)11-20-13-8-6-12(10-17)7-9-13/h2-10,15,18H,11H2,1H3. The fourth-order valence-electron chi connectivity index (χ4n) is 1.85. The summed E-state index contributed by atoms with van der Waals surface area (Å²) in [7, 11) is 1.56. The highest BCUT2D eigenvalue weighted by molar-refractivity contribution is 5.74. The summed E-state index contributed by atoms with van der Waals surface area (Å²) in [6.45, 7) is 0.112. The molecule has 0 radical (unpaired) electrons. The largest absolute Gasteiger partial charge is 0.496 e. The minimum atomic E-state index is -0.781. The van der Waals surface area contributed by atoms with Crippen LogP contribution in [0.4, 0.5) is 0 Å². The summed E-state index contributed by atoms with van der Waals surface area (Å²) < 4.78 is 10.7. The Hall–Kier alpha value is -2.33. The molecule has 0 saturated carbocycles. The molecule has 0 heterocycles. The number of aliphatic hydroxyl groups excluding tert-OH is 1. The first-order chi connectivity index (χ1) is 9.74. The Kier molecular flexibility index (Phi) is 4.74. The van der Waals surface area contributed by atoms with Gasteiger partial charge in [-0.15, -0.1) is 0 Å². The zero-order valence-corrected chi connectivity index (χ0v) is 11.2. The molecule has 4 heteroatoms. The molecule has 2 aromatic carbocycles. The van der Waals surface area contributed by atoms with E-state index in [4.69, 9.17) is 9.47 Å². The molecule has 1 N–H and O–H groups in total. The third-order valence-electron chi connectivity index (χ3n) is 2.92. The van der Waals surface area contributed by atoms with Crippen molar-refractivity contribution in [3.05, 3.63) is 59.7 Å². The van der Waals surface area contributed by atoms with Crippen LogP contribution < -0.4 is 9.47 Å². The summed E-state index contributed by atoms with van der Waals surface area (Å²) >= 11 is 0. The molecule has 0 fully saturated rings. The Morgan fingerprint density at radius 1 is 1.15 bits per heavy atom. The smallest absolute Gasteiger partial charge is 0.150 e. The van der Waals surface area contributed by atoms with Gasteiger partial charge in [0.2, 0.25) is 0 Å². The molecule has 2 aromatic rings. The van der Waals surface area contributed by atoms with Crippen LogP contribution in [0, 0.1) is 0 Å². The van der Waals surface area contributed by atoms with Crippen molar-refractivity contribution in [1.82, 2.24) is 0 Å². The van der Waals surface area contributed by atoms with Gasteiger partial charge in [0.25, 0.3) is 0 Å². The van der Waals surface area contributed by atoms with Gasteiger partial charge in [-0.3, -0.25) is 4.79 Å². The van der Waals surface area contributed by atoms with Gasteiger partial charge in [-0.05, 0) is 30.3 Å². The van der Waals surface area contributed by atoms with Crippen molar-refractivity contribution in [2.45, 2.75) is 6.10 Å². The molecule has 0 aromatic heterocycles. The second kappa shape index (κ2) is 6.73. The van der Waals surface area contributed by atoms with Crippen LogP contribution in [0.3, 0.4) is 0 Å². The van der Waals surface area contributed by atoms with Gasteiger partial charge in [-0.2, -0.15) is 0 Å². The molecular formula is C16H16O4. The van der Waals surface area contributed by atoms with Gasteiger partial charge < -0.3 is 14.6 Å². The maximum absolute atomic E-state index is 10.5. The van der Waals surface area contributed by atoms with Gasteiger partial charge in [0.05, 0.1) is 7.11 Å². The molecule has 0 saturated heterocycles. The van der Waals surface area contributed by atoms with E-state index in [1.54, 1.807) is 43.5 Å². The normalized spacial score (nSPS) is 11.7. The Bertz CT molecular complexity index is 563. The monoisotopic (exact) mass is 272 g/mol. The van der Waals surface area contributed by atoms with E-state index in [9.17, 15) is 9.90 Å². The molecule has 0 aliphatic heterocycles. The van der Waals surface area contributed by atoms with Crippen LogP contribution in [0.15, 0.2) is 48.5 Å². The lowest BCUT2D eigenvalue weighted by molar-refractivity contribution is 0.105. The summed E-state index contributed by atoms with van der Waals surface area (Å²) in [6, 6.07) is 14.0. The van der Waals surface area contributed by atoms with Crippen molar-refractivity contribution in [3.8, 4) is 11.5 Å². The van der Waals surface area contributed by atoms with Crippen LogP contribution in [0.2, 0.25) is 0 Å². The number of methoxy groups -OCH3 is 1. The second-order valence-electron chi connectivity index (χ2n) is 4.26. The van der Waals surface area contributed by atoms with Gasteiger partial charge in [0.1, 0.15) is 30.5 Å². The summed E-state index contributed by atoms with van der Waals surface area (Å²) in [5.74, 6) is 1.23. The topological polar surface area (TPSA) is 55.8 Å². The van der Waals surface area contributed by atoms with Crippen LogP contribution >= 0.6 is 0 Å². The van der Waals surface area contributed by atoms with E-state index in [0.29, 0.717) is 22.6 Å². The van der Waals surface area contributed by atoms with Crippen molar-refractivity contribution in [2.75, 3.05) is 13.7 Å². The summed E-state index contributed by atoms with van der Waals surface area (Å²) in [4.78, 5) is 10.5. The predicted molar refractivity (Wildman–Crippen MR) is 75.3 cm³/mol. The lowest BCUT2D eigenvalue weighted by Crippen LogP contribution is -2.10. The maximum atomic E-state index is 10.5. The van der Waals surface area contributed by atoms with E-state index in [0.717, 1.165) is 6.29 Å². The summed E-state index contributed by atoms with van der Waals surface area (Å²) in [6.07, 6.45) is -0.00936. The maximum Gasteiger partial charge on any atom is 0.150 e. The molecule has 0 spiro atoms. The van der Waals surface area contributed by atoms with E-state index in [1.807, 2.05) is 12.1 Å². The molecule has 1 unspecified atom stereocenters. The van der Waals surface area contributed by atoms with Crippen LogP contribution in [-0.2, 0) is 0 Å². The van der Waals surface area contributed by atoms with Gasteiger partial charge in [0.15, 0.2) is 0 Å². The highest BCUT2D eigenvalue weighted by atomic mass is 16.5. The number of carbonyl (C=O) groups excluding carboxylic acids is 1. The number of benzene rings is 2. The lowest BCUT2D eigenvalue weighted by atomic mass is 10.1. The van der Waals surface area contributed by atoms with Crippen LogP contribution in [-0.4, -0.2) is 25.1 Å². The average molecular weight is 272 g/mol. The number of aliphatic hydroxyl groups is 1. The molecular weight excluding hydrogens is 256 g/mol. The first-order valence-electron chi connectivity index (χ1n) is 6.23. The van der Waals surface area contributed by atoms with Crippen molar-refractivity contribution < 1.29 is 19.4 Å². The van der Waals surface area contributed by atoms with Crippen molar-refractivity contribution in [2.24, 2.45) is 0 Å². The number of rotatable bonds is 6. The van der Waals surface area contributed by atoms with Gasteiger partial charge in [0, 0.05) is 11.1 Å². The lowest BCUT2D eigenvalue weighted by Gasteiger charge is -2.15. The molecule has 0 aliphatic carbocycles. The number of ether oxygens (including phenoxy) is 2. The zero-order chi connectivity index (χ0) is 14.4. The zero-order valence-electron chi connectivity index (χ0n) is 11.2. The molecule has 0 bridgehead atoms. The SMILES string of the molecule is COc1ccccc1C(O)COc1ccc(C=O)cc1. The van der Waals surface area contributed by atoms with Gasteiger partial charge >= 0.3 is 0 Å². The number of aldehydes is 1. The van der Waals surface area contributed by atoms with E-state index in [1.165, 1.54) is 0 Å². The highest BCUT2D eigenvalue weighted by Gasteiger charge is 2.13. The Balaban J connectivity index is 2.00. The molecule has 4 nitrogen and oxygen atoms in total. The highest BCUT2D eigenvalue weighted by Crippen LogP contribution is 2.25. The van der Waals surface area contributed by atoms with E-state index in [-0.39, 0.29) is 6.61 Å². The average Bonchev–Trinajstić information content (AvgIpc) is 2.53. The van der Waals surface area contributed by atoms with Crippen LogP contribution in [0.5, 0.6) is 11.5 Å². The van der Waals surface area contributed by atoms with Crippen LogP contribution in [0.1, 0.15) is 22.0 Å². The van der Waals surface area contributed by atoms with Gasteiger partial charge in [-0.1, -0.05) is 18.2 Å². The first-order valence-corrected chi connectivity index (χ1v) is 6.23. The van der Waals surface area contributed by atoms with Crippen LogP contribution in [0.25, 0.3) is 0 Å². The fourth-order valence-corrected chi connectivity index (χ4v) is 1.85. The first kappa shape index (κ1) is 14.1. The van der Waals surface area contributed by atoms with Gasteiger partial charge in [-0.25, -0.2) is 0 Å². The Morgan fingerprint density at radius 2 is 1.85 bits per heavy atom. The van der Waals surface area contributed by atoms with Crippen molar-refractivity contribution >= 4 is 6.29 Å².